The standard InChI is InChI=1S/C28H35FN4O2/c29-21-1-2-26(35-24-11-28(12-24)17-34-18-28)25(9-21)20-4-7-32(8-5-20)22-3-6-27(10-22)15-33(16-27)23-13-30-19-31-14-23/h1-2,9,13-14,19-20,22,24H,3-8,10-12,15-18H2/t22-/m1/s1. The van der Waals surface area contributed by atoms with Crippen molar-refractivity contribution in [3.8, 4) is 5.75 Å². The number of aromatic nitrogens is 2. The lowest BCUT2D eigenvalue weighted by molar-refractivity contribution is -0.191. The maximum atomic E-state index is 14.2. The highest BCUT2D eigenvalue weighted by Crippen LogP contribution is 2.50. The number of hydrogen-bond acceptors (Lipinski definition) is 6. The average Bonchev–Trinajstić information content (AvgIpc) is 3.26. The van der Waals surface area contributed by atoms with Crippen LogP contribution in [0.3, 0.4) is 0 Å². The van der Waals surface area contributed by atoms with Crippen molar-refractivity contribution >= 4 is 5.69 Å². The van der Waals surface area contributed by atoms with E-state index in [1.807, 2.05) is 18.5 Å². The van der Waals surface area contributed by atoms with Crippen molar-refractivity contribution in [1.29, 1.82) is 0 Å². The number of anilines is 1. The molecule has 2 aliphatic carbocycles. The van der Waals surface area contributed by atoms with E-state index < -0.39 is 0 Å². The fraction of sp³-hybridized carbons (Fsp3) is 0.643. The molecule has 0 unspecified atom stereocenters. The van der Waals surface area contributed by atoms with Gasteiger partial charge >= 0.3 is 0 Å². The topological polar surface area (TPSA) is 50.7 Å². The summed E-state index contributed by atoms with van der Waals surface area (Å²) in [5, 5.41) is 0. The highest BCUT2D eigenvalue weighted by Gasteiger charge is 2.51. The van der Waals surface area contributed by atoms with E-state index >= 15 is 0 Å². The maximum absolute atomic E-state index is 14.2. The molecule has 4 heterocycles. The van der Waals surface area contributed by atoms with Gasteiger partial charge < -0.3 is 19.3 Å². The van der Waals surface area contributed by atoms with Gasteiger partial charge in [0.15, 0.2) is 0 Å². The van der Waals surface area contributed by atoms with Crippen LogP contribution in [0.15, 0.2) is 36.9 Å². The summed E-state index contributed by atoms with van der Waals surface area (Å²) in [7, 11) is 0. The van der Waals surface area contributed by atoms with Crippen molar-refractivity contribution in [2.45, 2.75) is 63.0 Å². The summed E-state index contributed by atoms with van der Waals surface area (Å²) >= 11 is 0. The zero-order valence-corrected chi connectivity index (χ0v) is 20.4. The average molecular weight is 479 g/mol. The van der Waals surface area contributed by atoms with Crippen molar-refractivity contribution in [3.05, 3.63) is 48.3 Å². The first-order valence-corrected chi connectivity index (χ1v) is 13.4. The van der Waals surface area contributed by atoms with E-state index in [0.717, 1.165) is 82.1 Å². The molecular formula is C28H35FN4O2. The van der Waals surface area contributed by atoms with E-state index in [9.17, 15) is 4.39 Å². The van der Waals surface area contributed by atoms with Crippen molar-refractivity contribution in [2.75, 3.05) is 44.3 Å². The SMILES string of the molecule is Fc1ccc(OC2CC3(COC3)C2)c(C2CCN([C@@H]3CCC4(C3)CN(c3cncnc3)C4)CC2)c1. The third-order valence-corrected chi connectivity index (χ3v) is 9.53. The van der Waals surface area contributed by atoms with Crippen LogP contribution in [0.5, 0.6) is 5.75 Å². The predicted molar refractivity (Wildman–Crippen MR) is 131 cm³/mol. The molecule has 0 bridgehead atoms. The summed E-state index contributed by atoms with van der Waals surface area (Å²) in [4.78, 5) is 13.5. The normalized spacial score (nSPS) is 28.0. The molecule has 1 atom stereocenters. The van der Waals surface area contributed by atoms with E-state index in [1.165, 1.54) is 19.3 Å². The molecular weight excluding hydrogens is 443 g/mol. The molecule has 7 rings (SSSR count). The van der Waals surface area contributed by atoms with Gasteiger partial charge in [0.05, 0.1) is 31.3 Å². The molecule has 5 fully saturated rings. The Morgan fingerprint density at radius 3 is 2.46 bits per heavy atom. The second-order valence-electron chi connectivity index (χ2n) is 12.0. The number of piperidine rings is 1. The van der Waals surface area contributed by atoms with Gasteiger partial charge in [-0.1, -0.05) is 0 Å². The second kappa shape index (κ2) is 8.41. The minimum Gasteiger partial charge on any atom is -0.490 e. The molecule has 6 nitrogen and oxygen atoms in total. The molecule has 3 aliphatic heterocycles. The van der Waals surface area contributed by atoms with Crippen LogP contribution in [0.2, 0.25) is 0 Å². The number of hydrogen-bond donors (Lipinski definition) is 0. The fourth-order valence-electron chi connectivity index (χ4n) is 7.49. The van der Waals surface area contributed by atoms with Crippen LogP contribution in [0.4, 0.5) is 10.1 Å². The van der Waals surface area contributed by atoms with E-state index in [2.05, 4.69) is 19.8 Å². The number of likely N-dealkylation sites (tertiary alicyclic amines) is 1. The van der Waals surface area contributed by atoms with Crippen molar-refractivity contribution in [2.24, 2.45) is 10.8 Å². The molecule has 1 aromatic heterocycles. The van der Waals surface area contributed by atoms with Crippen LogP contribution in [-0.4, -0.2) is 66.4 Å². The first-order chi connectivity index (χ1) is 17.1. The Labute approximate surface area is 206 Å². The molecule has 7 heteroatoms. The lowest BCUT2D eigenvalue weighted by Gasteiger charge is -2.52. The van der Waals surface area contributed by atoms with Crippen molar-refractivity contribution in [1.82, 2.24) is 14.9 Å². The quantitative estimate of drug-likeness (QED) is 0.635. The van der Waals surface area contributed by atoms with E-state index in [1.54, 1.807) is 18.5 Å². The Morgan fingerprint density at radius 1 is 0.971 bits per heavy atom. The molecule has 186 valence electrons. The van der Waals surface area contributed by atoms with Crippen molar-refractivity contribution < 1.29 is 13.9 Å². The Morgan fingerprint density at radius 2 is 1.74 bits per heavy atom. The fourth-order valence-corrected chi connectivity index (χ4v) is 7.49. The number of nitrogens with zero attached hydrogens (tertiary/aromatic N) is 4. The lowest BCUT2D eigenvalue weighted by atomic mass is 9.65. The van der Waals surface area contributed by atoms with Crippen LogP contribution in [0, 0.1) is 16.6 Å². The summed E-state index contributed by atoms with van der Waals surface area (Å²) in [6.07, 6.45) is 13.9. The Kier molecular flexibility index (Phi) is 5.28. The highest BCUT2D eigenvalue weighted by molar-refractivity contribution is 5.46. The summed E-state index contributed by atoms with van der Waals surface area (Å²) in [6, 6.07) is 5.83. The minimum absolute atomic E-state index is 0.150. The van der Waals surface area contributed by atoms with Gasteiger partial charge in [-0.05, 0) is 82.2 Å². The Balaban J connectivity index is 0.944. The molecule has 2 aromatic rings. The third-order valence-electron chi connectivity index (χ3n) is 9.53. The van der Waals surface area contributed by atoms with E-state index in [-0.39, 0.29) is 11.9 Å². The summed E-state index contributed by atoms with van der Waals surface area (Å²) in [6.45, 7) is 6.21. The third kappa shape index (κ3) is 4.01. The monoisotopic (exact) mass is 478 g/mol. The highest BCUT2D eigenvalue weighted by atomic mass is 19.1. The minimum atomic E-state index is -0.150. The lowest BCUT2D eigenvalue weighted by Crippen LogP contribution is -2.56. The van der Waals surface area contributed by atoms with Crippen LogP contribution >= 0.6 is 0 Å². The number of ether oxygens (including phenoxy) is 2. The molecule has 0 radical (unpaired) electrons. The molecule has 5 aliphatic rings. The predicted octanol–water partition coefficient (Wildman–Crippen LogP) is 4.41. The largest absolute Gasteiger partial charge is 0.490 e. The van der Waals surface area contributed by atoms with Crippen LogP contribution in [-0.2, 0) is 4.74 Å². The van der Waals surface area contributed by atoms with E-state index in [4.69, 9.17) is 9.47 Å². The van der Waals surface area contributed by atoms with Gasteiger partial charge in [-0.3, -0.25) is 0 Å². The van der Waals surface area contributed by atoms with Crippen molar-refractivity contribution in [3.63, 3.8) is 0 Å². The smallest absolute Gasteiger partial charge is 0.123 e. The molecule has 35 heavy (non-hydrogen) atoms. The molecule has 2 saturated carbocycles. The van der Waals surface area contributed by atoms with Gasteiger partial charge in [0.1, 0.15) is 24.0 Å². The molecule has 2 spiro atoms. The van der Waals surface area contributed by atoms with Crippen LogP contribution < -0.4 is 9.64 Å². The van der Waals surface area contributed by atoms with Gasteiger partial charge in [-0.25, -0.2) is 14.4 Å². The zero-order chi connectivity index (χ0) is 23.5. The van der Waals surface area contributed by atoms with Gasteiger partial charge in [-0.15, -0.1) is 0 Å². The molecule has 0 amide bonds. The maximum Gasteiger partial charge on any atom is 0.123 e. The number of halogens is 1. The molecule has 0 N–H and O–H groups in total. The zero-order valence-electron chi connectivity index (χ0n) is 20.4. The Hall–Kier alpha value is -2.25. The summed E-state index contributed by atoms with van der Waals surface area (Å²) in [5.41, 5.74) is 3.07. The van der Waals surface area contributed by atoms with Gasteiger partial charge in [0.25, 0.3) is 0 Å². The van der Waals surface area contributed by atoms with Gasteiger partial charge in [0, 0.05) is 35.5 Å². The second-order valence-corrected chi connectivity index (χ2v) is 12.0. The first-order valence-electron chi connectivity index (χ1n) is 13.4. The first kappa shape index (κ1) is 22.0. The number of benzene rings is 1. The van der Waals surface area contributed by atoms with Gasteiger partial charge in [0.2, 0.25) is 0 Å². The van der Waals surface area contributed by atoms with Crippen LogP contribution in [0.25, 0.3) is 0 Å². The molecule has 3 saturated heterocycles. The van der Waals surface area contributed by atoms with Gasteiger partial charge in [-0.2, -0.15) is 0 Å². The summed E-state index contributed by atoms with van der Waals surface area (Å²) in [5.74, 6) is 1.14. The molecule has 1 aromatic carbocycles. The number of rotatable bonds is 5. The van der Waals surface area contributed by atoms with E-state index in [0.29, 0.717) is 22.8 Å². The van der Waals surface area contributed by atoms with Crippen LogP contribution in [0.1, 0.15) is 56.4 Å². The Bertz CT molecular complexity index is 1060. The summed E-state index contributed by atoms with van der Waals surface area (Å²) < 4.78 is 26.0.